The molecule has 0 spiro atoms. The summed E-state index contributed by atoms with van der Waals surface area (Å²) in [7, 11) is 0. The molecule has 1 fully saturated rings. The summed E-state index contributed by atoms with van der Waals surface area (Å²) in [4.78, 5) is 23.1. The van der Waals surface area contributed by atoms with Crippen LogP contribution in [0, 0.1) is 0 Å². The Kier molecular flexibility index (Phi) is 4.79. The first-order chi connectivity index (χ1) is 14.5. The van der Waals surface area contributed by atoms with Gasteiger partial charge < -0.3 is 14.4 Å². The highest BCUT2D eigenvalue weighted by atomic mass is 35.5. The zero-order valence-corrected chi connectivity index (χ0v) is 17.6. The number of amidine groups is 1. The third-order valence-corrected chi connectivity index (χ3v) is 6.71. The lowest BCUT2D eigenvalue weighted by Crippen LogP contribution is -2.28. The molecule has 5 rings (SSSR count). The summed E-state index contributed by atoms with van der Waals surface area (Å²) in [5.74, 6) is 0.281. The number of nitrogens with zero attached hydrogens (tertiary/aromatic N) is 3. The number of pyridine rings is 1. The molecule has 0 aliphatic carbocycles. The van der Waals surface area contributed by atoms with Crippen molar-refractivity contribution in [3.8, 4) is 11.3 Å². The van der Waals surface area contributed by atoms with Crippen LogP contribution in [0.25, 0.3) is 11.3 Å². The van der Waals surface area contributed by atoms with E-state index >= 15 is 0 Å². The number of halogens is 1. The van der Waals surface area contributed by atoms with Crippen LogP contribution in [-0.4, -0.2) is 37.9 Å². The van der Waals surface area contributed by atoms with Gasteiger partial charge in [-0.1, -0.05) is 36.4 Å². The van der Waals surface area contributed by atoms with Crippen LogP contribution in [0.2, 0.25) is 5.02 Å². The number of fused-ring (bicyclic) bond motifs is 1. The number of carboxylic acid groups (broad SMARTS) is 1. The van der Waals surface area contributed by atoms with Gasteiger partial charge in [-0.05, 0) is 42.5 Å². The molecule has 3 unspecified atom stereocenters. The molecule has 1 N–H and O–H groups in total. The molecule has 8 heteroatoms. The third kappa shape index (κ3) is 3.28. The summed E-state index contributed by atoms with van der Waals surface area (Å²) in [6, 6.07) is 13.9. The first kappa shape index (κ1) is 19.2. The Labute approximate surface area is 182 Å². The van der Waals surface area contributed by atoms with E-state index in [9.17, 15) is 9.90 Å². The number of aliphatic imine (C=N–C) groups is 1. The number of furan rings is 1. The lowest BCUT2D eigenvalue weighted by Gasteiger charge is -2.25. The Morgan fingerprint density at radius 2 is 2.13 bits per heavy atom. The van der Waals surface area contributed by atoms with Crippen LogP contribution in [0.4, 0.5) is 0 Å². The molecule has 0 amide bonds. The standard InChI is InChI=1S/C22H18ClN3O3S/c1-12-11-26-20(19(25-22(26)30-12)16-4-2-3-9-24-16)18-8-7-17(29-18)14-10-13(21(27)28)5-6-15(14)23/h2-10,12,19-20H,11H2,1H3,(H,27,28). The summed E-state index contributed by atoms with van der Waals surface area (Å²) >= 11 is 8.10. The Morgan fingerprint density at radius 1 is 1.27 bits per heavy atom. The number of carbonyl (C=O) groups is 1. The number of thioether (sulfide) groups is 1. The first-order valence-corrected chi connectivity index (χ1v) is 10.8. The van der Waals surface area contributed by atoms with Crippen molar-refractivity contribution < 1.29 is 14.3 Å². The van der Waals surface area contributed by atoms with Crippen molar-refractivity contribution >= 4 is 34.5 Å². The minimum absolute atomic E-state index is 0.109. The maximum Gasteiger partial charge on any atom is 0.335 e. The van der Waals surface area contributed by atoms with Crippen molar-refractivity contribution in [2.45, 2.75) is 24.3 Å². The molecule has 0 bridgehead atoms. The van der Waals surface area contributed by atoms with Gasteiger partial charge in [-0.25, -0.2) is 9.79 Å². The predicted molar refractivity (Wildman–Crippen MR) is 117 cm³/mol. The van der Waals surface area contributed by atoms with Crippen LogP contribution >= 0.6 is 23.4 Å². The average molecular weight is 440 g/mol. The van der Waals surface area contributed by atoms with Gasteiger partial charge in [0.2, 0.25) is 0 Å². The van der Waals surface area contributed by atoms with Crippen LogP contribution in [0.15, 0.2) is 64.1 Å². The molecule has 2 aromatic heterocycles. The van der Waals surface area contributed by atoms with Crippen LogP contribution in [0.1, 0.15) is 40.8 Å². The van der Waals surface area contributed by atoms with Gasteiger partial charge in [0.1, 0.15) is 23.6 Å². The maximum atomic E-state index is 11.4. The van der Waals surface area contributed by atoms with Crippen LogP contribution in [0.5, 0.6) is 0 Å². The van der Waals surface area contributed by atoms with Crippen LogP contribution in [0.3, 0.4) is 0 Å². The van der Waals surface area contributed by atoms with Gasteiger partial charge in [-0.3, -0.25) is 4.98 Å². The number of hydrogen-bond acceptors (Lipinski definition) is 6. The van der Waals surface area contributed by atoms with E-state index in [1.165, 1.54) is 12.1 Å². The molecular formula is C22H18ClN3O3S. The van der Waals surface area contributed by atoms with Gasteiger partial charge in [0.25, 0.3) is 0 Å². The Balaban J connectivity index is 1.55. The second-order valence-electron chi connectivity index (χ2n) is 7.34. The number of benzene rings is 1. The number of hydrogen-bond donors (Lipinski definition) is 1. The van der Waals surface area contributed by atoms with Crippen molar-refractivity contribution in [3.05, 3.63) is 76.8 Å². The Morgan fingerprint density at radius 3 is 2.90 bits per heavy atom. The van der Waals surface area contributed by atoms with E-state index in [4.69, 9.17) is 21.0 Å². The number of carboxylic acids is 1. The SMILES string of the molecule is CC1CN2C(=NC(c3ccccn3)C2c2ccc(-c3cc(C(=O)O)ccc3Cl)o2)S1. The van der Waals surface area contributed by atoms with E-state index in [0.717, 1.165) is 23.2 Å². The zero-order chi connectivity index (χ0) is 20.8. The summed E-state index contributed by atoms with van der Waals surface area (Å²) < 4.78 is 6.23. The van der Waals surface area contributed by atoms with Gasteiger partial charge in [-0.2, -0.15) is 0 Å². The van der Waals surface area contributed by atoms with Crippen LogP contribution in [-0.2, 0) is 0 Å². The van der Waals surface area contributed by atoms with Crippen molar-refractivity contribution in [1.29, 1.82) is 0 Å². The summed E-state index contributed by atoms with van der Waals surface area (Å²) in [5, 5.41) is 11.2. The fourth-order valence-corrected chi connectivity index (χ4v) is 5.23. The topological polar surface area (TPSA) is 78.9 Å². The maximum absolute atomic E-state index is 11.4. The van der Waals surface area contributed by atoms with E-state index in [-0.39, 0.29) is 17.6 Å². The molecule has 4 heterocycles. The van der Waals surface area contributed by atoms with Crippen LogP contribution < -0.4 is 0 Å². The third-order valence-electron chi connectivity index (χ3n) is 5.28. The molecule has 0 radical (unpaired) electrons. The van der Waals surface area contributed by atoms with E-state index in [1.54, 1.807) is 24.0 Å². The highest BCUT2D eigenvalue weighted by Crippen LogP contribution is 2.48. The second-order valence-corrected chi connectivity index (χ2v) is 9.15. The van der Waals surface area contributed by atoms with Gasteiger partial charge in [0.05, 0.1) is 16.3 Å². The molecule has 0 saturated carbocycles. The lowest BCUT2D eigenvalue weighted by atomic mass is 10.0. The lowest BCUT2D eigenvalue weighted by molar-refractivity contribution is 0.0697. The quantitative estimate of drug-likeness (QED) is 0.595. The zero-order valence-electron chi connectivity index (χ0n) is 16.0. The number of aromatic carboxylic acids is 1. The average Bonchev–Trinajstić information content (AvgIpc) is 3.43. The molecular weight excluding hydrogens is 422 g/mol. The normalized spacial score (nSPS) is 22.8. The van der Waals surface area contributed by atoms with Gasteiger partial charge in [0, 0.05) is 23.6 Å². The molecule has 6 nitrogen and oxygen atoms in total. The smallest absolute Gasteiger partial charge is 0.335 e. The highest BCUT2D eigenvalue weighted by molar-refractivity contribution is 8.14. The molecule has 1 saturated heterocycles. The van der Waals surface area contributed by atoms with Crippen molar-refractivity contribution in [1.82, 2.24) is 9.88 Å². The molecule has 2 aliphatic heterocycles. The summed E-state index contributed by atoms with van der Waals surface area (Å²) in [6.07, 6.45) is 1.77. The second kappa shape index (κ2) is 7.49. The van der Waals surface area contributed by atoms with Crippen molar-refractivity contribution in [3.63, 3.8) is 0 Å². The Hall–Kier alpha value is -2.77. The van der Waals surface area contributed by atoms with E-state index < -0.39 is 5.97 Å². The molecule has 3 aromatic rings. The molecule has 2 aliphatic rings. The van der Waals surface area contributed by atoms with E-state index in [0.29, 0.717) is 21.6 Å². The fraction of sp³-hybridized carbons (Fsp3) is 0.227. The Bertz CT molecular complexity index is 1150. The minimum atomic E-state index is -1.01. The monoisotopic (exact) mass is 439 g/mol. The highest BCUT2D eigenvalue weighted by Gasteiger charge is 2.45. The summed E-state index contributed by atoms with van der Waals surface area (Å²) in [5.41, 5.74) is 1.61. The predicted octanol–water partition coefficient (Wildman–Crippen LogP) is 5.28. The number of rotatable bonds is 4. The fourth-order valence-electron chi connectivity index (χ4n) is 3.93. The molecule has 3 atom stereocenters. The summed E-state index contributed by atoms with van der Waals surface area (Å²) in [6.45, 7) is 3.06. The molecule has 30 heavy (non-hydrogen) atoms. The minimum Gasteiger partial charge on any atom is -0.478 e. The molecule has 152 valence electrons. The van der Waals surface area contributed by atoms with Gasteiger partial charge >= 0.3 is 5.97 Å². The number of aromatic nitrogens is 1. The van der Waals surface area contributed by atoms with Crippen molar-refractivity contribution in [2.24, 2.45) is 4.99 Å². The van der Waals surface area contributed by atoms with E-state index in [1.807, 2.05) is 30.3 Å². The van der Waals surface area contributed by atoms with Gasteiger partial charge in [-0.15, -0.1) is 0 Å². The molecule has 1 aromatic carbocycles. The van der Waals surface area contributed by atoms with E-state index in [2.05, 4.69) is 16.8 Å². The largest absolute Gasteiger partial charge is 0.478 e. The van der Waals surface area contributed by atoms with Crippen molar-refractivity contribution in [2.75, 3.05) is 6.54 Å². The first-order valence-electron chi connectivity index (χ1n) is 9.56. The van der Waals surface area contributed by atoms with Gasteiger partial charge in [0.15, 0.2) is 5.17 Å².